The zero-order valence-corrected chi connectivity index (χ0v) is 12.3. The lowest BCUT2D eigenvalue weighted by atomic mass is 10.1. The number of nitrogens with zero attached hydrogens (tertiary/aromatic N) is 1. The Kier molecular flexibility index (Phi) is 4.58. The number of nitrogens with two attached hydrogens (primary N) is 1. The lowest BCUT2D eigenvalue weighted by Gasteiger charge is -2.10. The number of hydrogen-bond acceptors (Lipinski definition) is 1. The van der Waals surface area contributed by atoms with Gasteiger partial charge in [0.2, 0.25) is 0 Å². The van der Waals surface area contributed by atoms with Crippen LogP contribution in [-0.4, -0.2) is 5.96 Å². The first-order chi connectivity index (χ1) is 9.15. The Balaban J connectivity index is 2.08. The molecule has 0 fully saturated rings. The number of nitrogens with one attached hydrogen (secondary N) is 1. The van der Waals surface area contributed by atoms with Gasteiger partial charge in [0.1, 0.15) is 0 Å². The molecule has 0 aliphatic heterocycles. The van der Waals surface area contributed by atoms with Crippen molar-refractivity contribution in [1.82, 2.24) is 0 Å². The number of halogens is 1. The molecule has 0 aromatic heterocycles. The van der Waals surface area contributed by atoms with Gasteiger partial charge in [0.25, 0.3) is 0 Å². The second kappa shape index (κ2) is 6.38. The van der Waals surface area contributed by atoms with Gasteiger partial charge in [0.05, 0.1) is 6.04 Å². The van der Waals surface area contributed by atoms with Crippen LogP contribution in [0.5, 0.6) is 0 Å². The molecule has 2 aromatic carbocycles. The molecule has 1 atom stereocenters. The minimum Gasteiger partial charge on any atom is -0.370 e. The molecule has 2 rings (SSSR count). The van der Waals surface area contributed by atoms with Crippen LogP contribution in [0.25, 0.3) is 0 Å². The molecule has 0 aliphatic rings. The summed E-state index contributed by atoms with van der Waals surface area (Å²) in [4.78, 5) is 4.45. The van der Waals surface area contributed by atoms with E-state index in [9.17, 15) is 0 Å². The molecule has 19 heavy (non-hydrogen) atoms. The Morgan fingerprint density at radius 1 is 1.16 bits per heavy atom. The molecule has 4 heteroatoms. The molecule has 0 amide bonds. The van der Waals surface area contributed by atoms with Crippen LogP contribution in [0.2, 0.25) is 0 Å². The highest BCUT2D eigenvalue weighted by molar-refractivity contribution is 9.10. The minimum atomic E-state index is 0.00807. The number of hydrogen-bond donors (Lipinski definition) is 2. The maximum atomic E-state index is 5.91. The summed E-state index contributed by atoms with van der Waals surface area (Å²) in [7, 11) is 0. The molecule has 3 nitrogen and oxygen atoms in total. The van der Waals surface area contributed by atoms with E-state index < -0.39 is 0 Å². The van der Waals surface area contributed by atoms with Gasteiger partial charge in [-0.05, 0) is 36.8 Å². The van der Waals surface area contributed by atoms with E-state index in [2.05, 4.69) is 26.2 Å². The van der Waals surface area contributed by atoms with Crippen LogP contribution in [0, 0.1) is 0 Å². The van der Waals surface area contributed by atoms with Crippen molar-refractivity contribution in [3.63, 3.8) is 0 Å². The first-order valence-corrected chi connectivity index (χ1v) is 6.85. The molecule has 0 spiro atoms. The summed E-state index contributed by atoms with van der Waals surface area (Å²) < 4.78 is 1.04. The van der Waals surface area contributed by atoms with E-state index in [1.54, 1.807) is 0 Å². The Morgan fingerprint density at radius 2 is 1.89 bits per heavy atom. The molecule has 0 radical (unpaired) electrons. The average Bonchev–Trinajstić information content (AvgIpc) is 2.39. The second-order valence-electron chi connectivity index (χ2n) is 4.24. The van der Waals surface area contributed by atoms with E-state index >= 15 is 0 Å². The zero-order chi connectivity index (χ0) is 13.7. The third kappa shape index (κ3) is 4.10. The highest BCUT2D eigenvalue weighted by atomic mass is 79.9. The fraction of sp³-hybridized carbons (Fsp3) is 0.133. The molecule has 0 aliphatic carbocycles. The molecule has 98 valence electrons. The second-order valence-corrected chi connectivity index (χ2v) is 5.15. The number of benzene rings is 2. The van der Waals surface area contributed by atoms with Gasteiger partial charge in [0, 0.05) is 10.2 Å². The normalized spacial score (nSPS) is 13.1. The van der Waals surface area contributed by atoms with Crippen LogP contribution in [0.1, 0.15) is 18.5 Å². The number of para-hydroxylation sites is 1. The standard InChI is InChI=1S/C15H16BrN3/c1-11(12-6-5-7-13(16)10-12)18-15(17)19-14-8-3-2-4-9-14/h2-11H,1H3,(H3,17,18,19). The molecule has 3 N–H and O–H groups in total. The van der Waals surface area contributed by atoms with Crippen molar-refractivity contribution in [2.75, 3.05) is 5.32 Å². The Morgan fingerprint density at radius 3 is 2.58 bits per heavy atom. The largest absolute Gasteiger partial charge is 0.370 e. The van der Waals surface area contributed by atoms with Crippen molar-refractivity contribution >= 4 is 27.6 Å². The zero-order valence-electron chi connectivity index (χ0n) is 10.7. The third-order valence-electron chi connectivity index (χ3n) is 2.71. The van der Waals surface area contributed by atoms with Gasteiger partial charge in [0.15, 0.2) is 5.96 Å². The van der Waals surface area contributed by atoms with Gasteiger partial charge in [-0.15, -0.1) is 0 Å². The SMILES string of the molecule is CC(N=C(N)Nc1ccccc1)c1cccc(Br)c1. The quantitative estimate of drug-likeness (QED) is 0.665. The average molecular weight is 318 g/mol. The third-order valence-corrected chi connectivity index (χ3v) is 3.20. The topological polar surface area (TPSA) is 50.4 Å². The van der Waals surface area contributed by atoms with E-state index in [4.69, 9.17) is 5.73 Å². The van der Waals surface area contributed by atoms with Crippen LogP contribution < -0.4 is 11.1 Å². The summed E-state index contributed by atoms with van der Waals surface area (Å²) in [6.07, 6.45) is 0. The number of guanidine groups is 1. The fourth-order valence-electron chi connectivity index (χ4n) is 1.75. The van der Waals surface area contributed by atoms with Crippen molar-refractivity contribution in [2.24, 2.45) is 10.7 Å². The summed E-state index contributed by atoms with van der Waals surface area (Å²) in [5.41, 5.74) is 7.96. The van der Waals surface area contributed by atoms with Crippen molar-refractivity contribution in [1.29, 1.82) is 0 Å². The maximum absolute atomic E-state index is 5.91. The molecule has 0 heterocycles. The van der Waals surface area contributed by atoms with Crippen LogP contribution in [0.3, 0.4) is 0 Å². The molecule has 2 aromatic rings. The number of rotatable bonds is 3. The van der Waals surface area contributed by atoms with Crippen LogP contribution in [0.4, 0.5) is 5.69 Å². The lowest BCUT2D eigenvalue weighted by Crippen LogP contribution is -2.23. The van der Waals surface area contributed by atoms with Crippen molar-refractivity contribution in [3.05, 3.63) is 64.6 Å². The smallest absolute Gasteiger partial charge is 0.193 e. The molecular formula is C15H16BrN3. The monoisotopic (exact) mass is 317 g/mol. The van der Waals surface area contributed by atoms with Crippen molar-refractivity contribution in [2.45, 2.75) is 13.0 Å². The molecule has 0 saturated carbocycles. The van der Waals surface area contributed by atoms with E-state index in [1.807, 2.05) is 61.5 Å². The van der Waals surface area contributed by atoms with E-state index in [0.29, 0.717) is 5.96 Å². The predicted molar refractivity (Wildman–Crippen MR) is 84.2 cm³/mol. The molecular weight excluding hydrogens is 302 g/mol. The van der Waals surface area contributed by atoms with Gasteiger partial charge in [-0.3, -0.25) is 0 Å². The summed E-state index contributed by atoms with van der Waals surface area (Å²) >= 11 is 3.46. The minimum absolute atomic E-state index is 0.00807. The van der Waals surface area contributed by atoms with E-state index in [0.717, 1.165) is 15.7 Å². The van der Waals surface area contributed by atoms with E-state index in [-0.39, 0.29) is 6.04 Å². The lowest BCUT2D eigenvalue weighted by molar-refractivity contribution is 0.817. The van der Waals surface area contributed by atoms with Crippen molar-refractivity contribution in [3.8, 4) is 0 Å². The first kappa shape index (κ1) is 13.6. The fourth-order valence-corrected chi connectivity index (χ4v) is 2.17. The molecule has 0 saturated heterocycles. The highest BCUT2D eigenvalue weighted by Gasteiger charge is 2.04. The number of anilines is 1. The number of aliphatic imine (C=N–C) groups is 1. The van der Waals surface area contributed by atoms with Crippen molar-refractivity contribution < 1.29 is 0 Å². The van der Waals surface area contributed by atoms with Gasteiger partial charge in [-0.2, -0.15) is 0 Å². The molecule has 0 bridgehead atoms. The van der Waals surface area contributed by atoms with Gasteiger partial charge < -0.3 is 11.1 Å². The summed E-state index contributed by atoms with van der Waals surface area (Å²) in [5, 5.41) is 3.07. The Bertz CT molecular complexity index is 567. The Labute approximate surface area is 121 Å². The Hall–Kier alpha value is -1.81. The highest BCUT2D eigenvalue weighted by Crippen LogP contribution is 2.20. The van der Waals surface area contributed by atoms with Gasteiger partial charge in [-0.1, -0.05) is 46.3 Å². The predicted octanol–water partition coefficient (Wildman–Crippen LogP) is 3.94. The summed E-state index contributed by atoms with van der Waals surface area (Å²) in [5.74, 6) is 0.415. The van der Waals surface area contributed by atoms with Crippen LogP contribution in [-0.2, 0) is 0 Å². The van der Waals surface area contributed by atoms with Gasteiger partial charge >= 0.3 is 0 Å². The molecule has 1 unspecified atom stereocenters. The van der Waals surface area contributed by atoms with E-state index in [1.165, 1.54) is 0 Å². The van der Waals surface area contributed by atoms with Gasteiger partial charge in [-0.25, -0.2) is 4.99 Å². The summed E-state index contributed by atoms with van der Waals surface area (Å²) in [6.45, 7) is 2.02. The first-order valence-electron chi connectivity index (χ1n) is 6.06. The summed E-state index contributed by atoms with van der Waals surface area (Å²) in [6, 6.07) is 17.8. The maximum Gasteiger partial charge on any atom is 0.193 e. The van der Waals surface area contributed by atoms with Crippen LogP contribution >= 0.6 is 15.9 Å². The van der Waals surface area contributed by atoms with Crippen LogP contribution in [0.15, 0.2) is 64.1 Å².